The Balaban J connectivity index is 2.04. The second-order valence-corrected chi connectivity index (χ2v) is 12.6. The molecule has 1 aliphatic rings. The average molecular weight is 639 g/mol. The van der Waals surface area contributed by atoms with Gasteiger partial charge in [0.15, 0.2) is 0 Å². The number of carbonyl (C=O) groups is 1. The van der Waals surface area contributed by atoms with E-state index in [1.165, 1.54) is 44.9 Å². The maximum atomic E-state index is 12.1. The summed E-state index contributed by atoms with van der Waals surface area (Å²) in [6, 6.07) is 0. The van der Waals surface area contributed by atoms with E-state index in [0.717, 1.165) is 38.5 Å². The van der Waals surface area contributed by atoms with E-state index in [1.54, 1.807) is 0 Å². The molecular weight excluding hydrogens is 583 g/mol. The third kappa shape index (κ3) is 17.8. The molecule has 0 bridgehead atoms. The van der Waals surface area contributed by atoms with Crippen molar-refractivity contribution in [3.8, 4) is 0 Å². The summed E-state index contributed by atoms with van der Waals surface area (Å²) in [6.45, 7) is 0.962. The van der Waals surface area contributed by atoms with Crippen LogP contribution in [0.15, 0.2) is 24.3 Å². The van der Waals surface area contributed by atoms with Gasteiger partial charge >= 0.3 is 13.8 Å². The molecule has 0 aromatic rings. The van der Waals surface area contributed by atoms with E-state index >= 15 is 0 Å². The molecule has 0 radical (unpaired) electrons. The van der Waals surface area contributed by atoms with Gasteiger partial charge in [0.25, 0.3) is 0 Å². The summed E-state index contributed by atoms with van der Waals surface area (Å²) >= 11 is 0. The molecular formula is C30H55O12P. The SMILES string of the molecule is CCCCCC/C=C\C/C=C\CCCCCCCCCC(=O)OCC(O)COP(=O)(O)OC1C(O)C(O)C(O)C(O)C1O. The van der Waals surface area contributed by atoms with Crippen LogP contribution in [0.2, 0.25) is 0 Å². The lowest BCUT2D eigenvalue weighted by atomic mass is 9.85. The molecule has 0 heterocycles. The minimum atomic E-state index is -4.99. The van der Waals surface area contributed by atoms with E-state index in [2.05, 4.69) is 40.3 Å². The van der Waals surface area contributed by atoms with Crippen molar-refractivity contribution in [1.82, 2.24) is 0 Å². The number of allylic oxidation sites excluding steroid dienone is 4. The van der Waals surface area contributed by atoms with Crippen LogP contribution in [0.25, 0.3) is 0 Å². The average Bonchev–Trinajstić information content (AvgIpc) is 2.98. The van der Waals surface area contributed by atoms with Crippen LogP contribution in [0, 0.1) is 0 Å². The topological polar surface area (TPSA) is 203 Å². The molecule has 6 atom stereocenters. The molecule has 0 aliphatic heterocycles. The Morgan fingerprint density at radius 3 is 1.77 bits per heavy atom. The van der Waals surface area contributed by atoms with E-state index in [0.29, 0.717) is 6.42 Å². The first-order valence-corrected chi connectivity index (χ1v) is 17.2. The number of hydrogen-bond donors (Lipinski definition) is 7. The molecule has 7 N–H and O–H groups in total. The van der Waals surface area contributed by atoms with Gasteiger partial charge in [0.1, 0.15) is 49.3 Å². The molecule has 43 heavy (non-hydrogen) atoms. The van der Waals surface area contributed by atoms with Gasteiger partial charge in [0, 0.05) is 6.42 Å². The van der Waals surface area contributed by atoms with Crippen molar-refractivity contribution in [2.75, 3.05) is 13.2 Å². The van der Waals surface area contributed by atoms with Gasteiger partial charge in [-0.15, -0.1) is 0 Å². The van der Waals surface area contributed by atoms with Crippen LogP contribution in [-0.2, 0) is 23.1 Å². The highest BCUT2D eigenvalue weighted by Gasteiger charge is 2.51. The van der Waals surface area contributed by atoms with Crippen LogP contribution in [0.5, 0.6) is 0 Å². The molecule has 0 spiro atoms. The van der Waals surface area contributed by atoms with Gasteiger partial charge in [-0.05, 0) is 38.5 Å². The summed E-state index contributed by atoms with van der Waals surface area (Å²) in [5, 5.41) is 58.6. The fraction of sp³-hybridized carbons (Fsp3) is 0.833. The van der Waals surface area contributed by atoms with Crippen molar-refractivity contribution >= 4 is 13.8 Å². The van der Waals surface area contributed by atoms with Crippen LogP contribution < -0.4 is 0 Å². The largest absolute Gasteiger partial charge is 0.472 e. The third-order valence-electron chi connectivity index (χ3n) is 7.28. The van der Waals surface area contributed by atoms with E-state index in [1.807, 2.05) is 0 Å². The van der Waals surface area contributed by atoms with Gasteiger partial charge in [-0.25, -0.2) is 4.57 Å². The number of carbonyl (C=O) groups excluding carboxylic acids is 1. The van der Waals surface area contributed by atoms with Crippen molar-refractivity contribution in [2.24, 2.45) is 0 Å². The number of aliphatic hydroxyl groups excluding tert-OH is 6. The van der Waals surface area contributed by atoms with Gasteiger partial charge < -0.3 is 40.3 Å². The van der Waals surface area contributed by atoms with Gasteiger partial charge in [-0.2, -0.15) is 0 Å². The van der Waals surface area contributed by atoms with E-state index in [-0.39, 0.29) is 6.42 Å². The fourth-order valence-electron chi connectivity index (χ4n) is 4.61. The molecule has 1 aliphatic carbocycles. The Morgan fingerprint density at radius 2 is 1.21 bits per heavy atom. The number of phosphoric acid groups is 1. The summed E-state index contributed by atoms with van der Waals surface area (Å²) in [5.41, 5.74) is 0. The minimum absolute atomic E-state index is 0.182. The number of unbranched alkanes of at least 4 members (excludes halogenated alkanes) is 11. The zero-order valence-corrected chi connectivity index (χ0v) is 26.4. The van der Waals surface area contributed by atoms with Crippen LogP contribution in [0.4, 0.5) is 0 Å². The van der Waals surface area contributed by atoms with Crippen molar-refractivity contribution in [1.29, 1.82) is 0 Å². The molecule has 6 unspecified atom stereocenters. The molecule has 252 valence electrons. The van der Waals surface area contributed by atoms with Gasteiger partial charge in [-0.1, -0.05) is 82.6 Å². The lowest BCUT2D eigenvalue weighted by molar-refractivity contribution is -0.220. The smallest absolute Gasteiger partial charge is 0.463 e. The van der Waals surface area contributed by atoms with Crippen molar-refractivity contribution in [2.45, 2.75) is 146 Å². The molecule has 1 fully saturated rings. The highest BCUT2D eigenvalue weighted by molar-refractivity contribution is 7.47. The third-order valence-corrected chi connectivity index (χ3v) is 8.26. The standard InChI is InChI=1S/C30H55O12P/c1-2-3-4-5-6-7-8-9-10-11-12-13-14-15-16-17-18-19-20-24(32)40-21-23(31)22-41-43(38,39)42-30-28(36)26(34)25(33)27(35)29(30)37/h7-8,10-11,23,25-31,33-37H,2-6,9,12-22H2,1H3,(H,38,39)/b8-7-,11-10-. The van der Waals surface area contributed by atoms with E-state index in [4.69, 9.17) is 4.74 Å². The molecule has 0 saturated heterocycles. The van der Waals surface area contributed by atoms with Crippen molar-refractivity contribution < 1.29 is 58.7 Å². The van der Waals surface area contributed by atoms with Gasteiger partial charge in [0.05, 0.1) is 6.61 Å². The Morgan fingerprint density at radius 1 is 0.721 bits per heavy atom. The van der Waals surface area contributed by atoms with Crippen molar-refractivity contribution in [3.05, 3.63) is 24.3 Å². The molecule has 1 saturated carbocycles. The number of aliphatic hydroxyl groups is 6. The number of rotatable bonds is 24. The Kier molecular flexibility index (Phi) is 21.5. The van der Waals surface area contributed by atoms with Crippen molar-refractivity contribution in [3.63, 3.8) is 0 Å². The first-order valence-electron chi connectivity index (χ1n) is 15.7. The van der Waals surface area contributed by atoms with Gasteiger partial charge in [-0.3, -0.25) is 13.8 Å². The summed E-state index contributed by atoms with van der Waals surface area (Å²) in [6.07, 6.45) is 11.6. The summed E-state index contributed by atoms with van der Waals surface area (Å²) in [4.78, 5) is 21.7. The Hall–Kier alpha value is -1.18. The zero-order valence-electron chi connectivity index (χ0n) is 25.5. The molecule has 12 nitrogen and oxygen atoms in total. The molecule has 0 amide bonds. The number of esters is 1. The summed E-state index contributed by atoms with van der Waals surface area (Å²) in [7, 11) is -4.99. The lowest BCUT2D eigenvalue weighted by Crippen LogP contribution is -2.64. The monoisotopic (exact) mass is 638 g/mol. The summed E-state index contributed by atoms with van der Waals surface area (Å²) < 4.78 is 26.4. The Bertz CT molecular complexity index is 822. The molecule has 0 aromatic heterocycles. The Labute approximate surface area is 256 Å². The van der Waals surface area contributed by atoms with E-state index < -0.39 is 69.7 Å². The van der Waals surface area contributed by atoms with Crippen LogP contribution in [0.1, 0.15) is 103 Å². The van der Waals surface area contributed by atoms with Crippen LogP contribution >= 0.6 is 7.82 Å². The molecule has 0 aromatic carbocycles. The first-order chi connectivity index (χ1) is 20.5. The predicted octanol–water partition coefficient (Wildman–Crippen LogP) is 3.19. The molecule has 1 rings (SSSR count). The zero-order chi connectivity index (χ0) is 32.1. The van der Waals surface area contributed by atoms with Crippen LogP contribution in [-0.4, -0.2) is 97.4 Å². The second-order valence-electron chi connectivity index (χ2n) is 11.2. The molecule has 13 heteroatoms. The van der Waals surface area contributed by atoms with Gasteiger partial charge in [0.2, 0.25) is 0 Å². The van der Waals surface area contributed by atoms with Crippen LogP contribution in [0.3, 0.4) is 0 Å². The van der Waals surface area contributed by atoms with E-state index in [9.17, 15) is 44.9 Å². The quantitative estimate of drug-likeness (QED) is 0.0353. The minimum Gasteiger partial charge on any atom is -0.463 e. The maximum absolute atomic E-state index is 12.1. The number of phosphoric ester groups is 1. The predicted molar refractivity (Wildman–Crippen MR) is 161 cm³/mol. The lowest BCUT2D eigenvalue weighted by Gasteiger charge is -2.41. The highest BCUT2D eigenvalue weighted by Crippen LogP contribution is 2.47. The maximum Gasteiger partial charge on any atom is 0.472 e. The summed E-state index contributed by atoms with van der Waals surface area (Å²) in [5.74, 6) is -0.518. The second kappa shape index (κ2) is 23.2. The fourth-order valence-corrected chi connectivity index (χ4v) is 5.58. The normalized spacial score (nSPS) is 26.6. The highest BCUT2D eigenvalue weighted by atomic mass is 31.2. The number of ether oxygens (including phenoxy) is 1. The number of hydrogen-bond acceptors (Lipinski definition) is 11. The first kappa shape index (κ1) is 39.8.